The fraction of sp³-hybridized carbons (Fsp3) is 0.625. The Labute approximate surface area is 125 Å². The van der Waals surface area contributed by atoms with Crippen molar-refractivity contribution in [2.75, 3.05) is 32.1 Å². The first kappa shape index (κ1) is 14.0. The molecule has 20 heavy (non-hydrogen) atoms. The van der Waals surface area contributed by atoms with E-state index in [9.17, 15) is 0 Å². The number of fused-ring (bicyclic) bond motifs is 1. The van der Waals surface area contributed by atoms with E-state index in [1.54, 1.807) is 0 Å². The van der Waals surface area contributed by atoms with Gasteiger partial charge in [0.15, 0.2) is 11.5 Å². The van der Waals surface area contributed by atoms with Gasteiger partial charge in [0.05, 0.1) is 0 Å². The van der Waals surface area contributed by atoms with Gasteiger partial charge in [-0.05, 0) is 50.4 Å². The van der Waals surface area contributed by atoms with Gasteiger partial charge >= 0.3 is 0 Å². The molecule has 0 aromatic heterocycles. The summed E-state index contributed by atoms with van der Waals surface area (Å²) in [6.07, 6.45) is 3.83. The molecule has 0 aliphatic carbocycles. The first-order valence-corrected chi connectivity index (χ1v) is 8.05. The maximum Gasteiger partial charge on any atom is 0.161 e. The van der Waals surface area contributed by atoms with Crippen molar-refractivity contribution in [2.45, 2.75) is 25.4 Å². The number of benzene rings is 1. The van der Waals surface area contributed by atoms with Crippen LogP contribution >= 0.6 is 11.6 Å². The molecule has 0 bridgehead atoms. The summed E-state index contributed by atoms with van der Waals surface area (Å²) in [5.74, 6) is 3.35. The fourth-order valence-electron chi connectivity index (χ4n) is 3.05. The van der Waals surface area contributed by atoms with Crippen molar-refractivity contribution >= 4 is 11.6 Å². The molecule has 2 aliphatic rings. The minimum Gasteiger partial charge on any atom is -0.486 e. The van der Waals surface area contributed by atoms with E-state index in [1.165, 1.54) is 12.8 Å². The Morgan fingerprint density at radius 1 is 1.15 bits per heavy atom. The minimum absolute atomic E-state index is 0.148. The molecule has 1 fully saturated rings. The molecule has 0 N–H and O–H groups in total. The lowest BCUT2D eigenvalue weighted by Gasteiger charge is -2.35. The maximum absolute atomic E-state index is 6.02. The monoisotopic (exact) mass is 295 g/mol. The second-order valence-corrected chi connectivity index (χ2v) is 6.10. The van der Waals surface area contributed by atoms with Crippen LogP contribution in [0.2, 0.25) is 0 Å². The highest BCUT2D eigenvalue weighted by Gasteiger charge is 2.25. The van der Waals surface area contributed by atoms with Crippen LogP contribution in [0.5, 0.6) is 11.5 Å². The molecule has 0 spiro atoms. The van der Waals surface area contributed by atoms with Gasteiger partial charge < -0.3 is 9.47 Å². The Kier molecular flexibility index (Phi) is 4.69. The van der Waals surface area contributed by atoms with Crippen molar-refractivity contribution in [1.82, 2.24) is 4.90 Å². The topological polar surface area (TPSA) is 21.7 Å². The number of hydrogen-bond acceptors (Lipinski definition) is 3. The van der Waals surface area contributed by atoms with Crippen LogP contribution in [0.4, 0.5) is 0 Å². The average molecular weight is 296 g/mol. The van der Waals surface area contributed by atoms with E-state index in [0.717, 1.165) is 49.4 Å². The first-order chi connectivity index (χ1) is 9.85. The van der Waals surface area contributed by atoms with Crippen molar-refractivity contribution in [2.24, 2.45) is 5.92 Å². The van der Waals surface area contributed by atoms with Gasteiger partial charge in [0.25, 0.3) is 0 Å². The van der Waals surface area contributed by atoms with Gasteiger partial charge in [-0.2, -0.15) is 0 Å². The van der Waals surface area contributed by atoms with Crippen LogP contribution in [0.15, 0.2) is 24.3 Å². The molecule has 2 heterocycles. The van der Waals surface area contributed by atoms with Gasteiger partial charge in [0.2, 0.25) is 0 Å². The van der Waals surface area contributed by atoms with E-state index in [-0.39, 0.29) is 6.10 Å². The zero-order chi connectivity index (χ0) is 13.8. The van der Waals surface area contributed by atoms with Gasteiger partial charge in [-0.25, -0.2) is 0 Å². The fourth-order valence-corrected chi connectivity index (χ4v) is 3.36. The molecule has 1 saturated heterocycles. The molecule has 1 aromatic rings. The van der Waals surface area contributed by atoms with Gasteiger partial charge in [-0.3, -0.25) is 4.90 Å². The number of likely N-dealkylation sites (tertiary alicyclic amines) is 1. The lowest BCUT2D eigenvalue weighted by atomic mass is 9.94. The minimum atomic E-state index is 0.148. The third-order valence-corrected chi connectivity index (χ3v) is 4.47. The normalized spacial score (nSPS) is 23.8. The molecule has 3 nitrogen and oxygen atoms in total. The van der Waals surface area contributed by atoms with Crippen molar-refractivity contribution in [3.63, 3.8) is 0 Å². The molecule has 0 amide bonds. The third-order valence-electron chi connectivity index (χ3n) is 4.25. The summed E-state index contributed by atoms with van der Waals surface area (Å²) in [5, 5.41) is 0. The Morgan fingerprint density at radius 2 is 1.90 bits per heavy atom. The summed E-state index contributed by atoms with van der Waals surface area (Å²) >= 11 is 5.82. The number of rotatable bonds is 4. The van der Waals surface area contributed by atoms with Gasteiger partial charge in [0, 0.05) is 12.4 Å². The standard InChI is InChI=1S/C16H22ClNO2/c17-8-5-13-6-9-18(10-7-13)11-14-12-19-15-3-1-2-4-16(15)20-14/h1-4,13-14H,5-12H2/t14-/m1/s1. The quantitative estimate of drug-likeness (QED) is 0.797. The van der Waals surface area contributed by atoms with Crippen LogP contribution in [0.25, 0.3) is 0 Å². The van der Waals surface area contributed by atoms with E-state index in [0.29, 0.717) is 6.61 Å². The van der Waals surface area contributed by atoms with Gasteiger partial charge in [-0.15, -0.1) is 11.6 Å². The third kappa shape index (κ3) is 3.39. The van der Waals surface area contributed by atoms with E-state index >= 15 is 0 Å². The second-order valence-electron chi connectivity index (χ2n) is 5.72. The molecule has 0 saturated carbocycles. The number of para-hydroxylation sites is 2. The number of piperidine rings is 1. The largest absolute Gasteiger partial charge is 0.486 e. The summed E-state index contributed by atoms with van der Waals surface area (Å²) in [6, 6.07) is 7.91. The molecule has 3 rings (SSSR count). The van der Waals surface area contributed by atoms with Crippen molar-refractivity contribution in [3.05, 3.63) is 24.3 Å². The Hall–Kier alpha value is -0.930. The number of hydrogen-bond donors (Lipinski definition) is 0. The average Bonchev–Trinajstić information content (AvgIpc) is 2.49. The molecule has 0 unspecified atom stereocenters. The number of nitrogens with zero attached hydrogens (tertiary/aromatic N) is 1. The summed E-state index contributed by atoms with van der Waals surface area (Å²) in [5.41, 5.74) is 0. The number of ether oxygens (including phenoxy) is 2. The highest BCUT2D eigenvalue weighted by molar-refractivity contribution is 6.17. The van der Waals surface area contributed by atoms with E-state index < -0.39 is 0 Å². The molecular weight excluding hydrogens is 274 g/mol. The number of halogens is 1. The van der Waals surface area contributed by atoms with E-state index in [1.807, 2.05) is 24.3 Å². The molecule has 1 aromatic carbocycles. The first-order valence-electron chi connectivity index (χ1n) is 7.52. The second kappa shape index (κ2) is 6.68. The summed E-state index contributed by atoms with van der Waals surface area (Å²) < 4.78 is 11.8. The van der Waals surface area contributed by atoms with Crippen molar-refractivity contribution in [3.8, 4) is 11.5 Å². The van der Waals surface area contributed by atoms with Gasteiger partial charge in [-0.1, -0.05) is 12.1 Å². The van der Waals surface area contributed by atoms with E-state index in [2.05, 4.69) is 4.90 Å². The molecule has 2 aliphatic heterocycles. The maximum atomic E-state index is 6.02. The molecule has 4 heteroatoms. The lowest BCUT2D eigenvalue weighted by molar-refractivity contribution is 0.0476. The molecule has 110 valence electrons. The summed E-state index contributed by atoms with van der Waals surface area (Å²) in [6.45, 7) is 3.92. The Morgan fingerprint density at radius 3 is 2.65 bits per heavy atom. The molecule has 0 radical (unpaired) electrons. The smallest absolute Gasteiger partial charge is 0.161 e. The highest BCUT2D eigenvalue weighted by Crippen LogP contribution is 2.31. The summed E-state index contributed by atoms with van der Waals surface area (Å²) in [4.78, 5) is 2.49. The zero-order valence-electron chi connectivity index (χ0n) is 11.8. The molecule has 1 atom stereocenters. The predicted molar refractivity (Wildman–Crippen MR) is 80.9 cm³/mol. The SMILES string of the molecule is ClCCC1CCN(C[C@@H]2COc3ccccc3O2)CC1. The number of alkyl halides is 1. The Balaban J connectivity index is 1.48. The summed E-state index contributed by atoms with van der Waals surface area (Å²) in [7, 11) is 0. The van der Waals surface area contributed by atoms with Crippen LogP contribution in [0.1, 0.15) is 19.3 Å². The van der Waals surface area contributed by atoms with Crippen molar-refractivity contribution < 1.29 is 9.47 Å². The Bertz CT molecular complexity index is 432. The lowest BCUT2D eigenvalue weighted by Crippen LogP contribution is -2.44. The van der Waals surface area contributed by atoms with Crippen LogP contribution in [0.3, 0.4) is 0 Å². The predicted octanol–water partition coefficient (Wildman–Crippen LogP) is 3.17. The molecular formula is C16H22ClNO2. The van der Waals surface area contributed by atoms with Crippen LogP contribution in [-0.4, -0.2) is 43.1 Å². The van der Waals surface area contributed by atoms with Gasteiger partial charge in [0.1, 0.15) is 12.7 Å². The van der Waals surface area contributed by atoms with Crippen molar-refractivity contribution in [1.29, 1.82) is 0 Å². The van der Waals surface area contributed by atoms with Crippen LogP contribution < -0.4 is 9.47 Å². The highest BCUT2D eigenvalue weighted by atomic mass is 35.5. The zero-order valence-corrected chi connectivity index (χ0v) is 12.5. The van der Waals surface area contributed by atoms with Crippen LogP contribution in [-0.2, 0) is 0 Å². The van der Waals surface area contributed by atoms with E-state index in [4.69, 9.17) is 21.1 Å². The van der Waals surface area contributed by atoms with Crippen LogP contribution in [0, 0.1) is 5.92 Å².